The molecule has 5 unspecified atom stereocenters. The maximum Gasteiger partial charge on any atom is 0.0206 e. The van der Waals surface area contributed by atoms with Crippen molar-refractivity contribution in [2.45, 2.75) is 88.7 Å². The number of rotatable bonds is 5. The fraction of sp³-hybridized carbons (Fsp3) is 1.00. The monoisotopic (exact) mass is 283 g/mol. The molecule has 0 aromatic rings. The summed E-state index contributed by atoms with van der Waals surface area (Å²) in [5.74, 6) is 1.96. The summed E-state index contributed by atoms with van der Waals surface area (Å²) < 4.78 is 0. The zero-order chi connectivity index (χ0) is 13.7. The molecule has 0 spiro atoms. The lowest BCUT2D eigenvalue weighted by atomic mass is 9.84. The zero-order valence-electron chi connectivity index (χ0n) is 13.2. The van der Waals surface area contributed by atoms with Gasteiger partial charge in [-0.25, -0.2) is 0 Å². The number of hydrogen-bond acceptors (Lipinski definition) is 2. The topological polar surface area (TPSA) is 12.0 Å². The molecule has 5 atom stereocenters. The van der Waals surface area contributed by atoms with E-state index in [0.717, 1.165) is 34.9 Å². The van der Waals surface area contributed by atoms with Crippen LogP contribution in [0.4, 0.5) is 0 Å². The zero-order valence-corrected chi connectivity index (χ0v) is 14.0. The van der Waals surface area contributed by atoms with Crippen LogP contribution >= 0.6 is 11.8 Å². The van der Waals surface area contributed by atoms with Gasteiger partial charge in [0.15, 0.2) is 0 Å². The van der Waals surface area contributed by atoms with Gasteiger partial charge in [0.05, 0.1) is 0 Å². The predicted octanol–water partition coefficient (Wildman–Crippen LogP) is 4.86. The third kappa shape index (κ3) is 4.67. The first-order valence-corrected chi connectivity index (χ1v) is 9.56. The summed E-state index contributed by atoms with van der Waals surface area (Å²) in [6.45, 7) is 8.22. The lowest BCUT2D eigenvalue weighted by Crippen LogP contribution is -2.43. The van der Waals surface area contributed by atoms with Gasteiger partial charge in [0.1, 0.15) is 0 Å². The molecule has 2 aliphatic carbocycles. The molecular formula is C17H33NS. The highest BCUT2D eigenvalue weighted by Crippen LogP contribution is 2.40. The van der Waals surface area contributed by atoms with Gasteiger partial charge in [-0.05, 0) is 50.5 Å². The van der Waals surface area contributed by atoms with E-state index in [0.29, 0.717) is 0 Å². The van der Waals surface area contributed by atoms with Crippen molar-refractivity contribution in [3.8, 4) is 0 Å². The summed E-state index contributed by atoms with van der Waals surface area (Å²) in [5, 5.41) is 5.59. The van der Waals surface area contributed by atoms with Crippen molar-refractivity contribution < 1.29 is 0 Å². The van der Waals surface area contributed by atoms with Gasteiger partial charge in [-0.15, -0.1) is 0 Å². The molecule has 0 radical (unpaired) electrons. The van der Waals surface area contributed by atoms with E-state index in [1.54, 1.807) is 0 Å². The van der Waals surface area contributed by atoms with Crippen LogP contribution in [0.3, 0.4) is 0 Å². The minimum atomic E-state index is 0.787. The van der Waals surface area contributed by atoms with Crippen molar-refractivity contribution >= 4 is 11.8 Å². The van der Waals surface area contributed by atoms with E-state index < -0.39 is 0 Å². The van der Waals surface area contributed by atoms with Gasteiger partial charge < -0.3 is 5.32 Å². The Morgan fingerprint density at radius 3 is 2.58 bits per heavy atom. The Hall–Kier alpha value is 0.310. The standard InChI is InChI=1S/C17H33NS/c1-4-14-9-10-16(18-5-2)17(12-14)19-15-8-6-7-13(3)11-15/h13-18H,4-12H2,1-3H3. The Bertz CT molecular complexity index is 256. The molecule has 0 aromatic carbocycles. The van der Waals surface area contributed by atoms with E-state index in [-0.39, 0.29) is 0 Å². The van der Waals surface area contributed by atoms with Crippen LogP contribution in [0.5, 0.6) is 0 Å². The van der Waals surface area contributed by atoms with Crippen molar-refractivity contribution in [3.63, 3.8) is 0 Å². The quantitative estimate of drug-likeness (QED) is 0.773. The Morgan fingerprint density at radius 2 is 1.89 bits per heavy atom. The second-order valence-electron chi connectivity index (χ2n) is 6.82. The minimum Gasteiger partial charge on any atom is -0.313 e. The Labute approximate surface area is 124 Å². The lowest BCUT2D eigenvalue weighted by Gasteiger charge is -2.39. The highest BCUT2D eigenvalue weighted by atomic mass is 32.2. The molecule has 2 aliphatic rings. The first kappa shape index (κ1) is 15.7. The van der Waals surface area contributed by atoms with E-state index in [9.17, 15) is 0 Å². The number of nitrogens with one attached hydrogen (secondary N) is 1. The van der Waals surface area contributed by atoms with Crippen LogP contribution < -0.4 is 5.32 Å². The molecule has 2 fully saturated rings. The molecule has 0 saturated heterocycles. The maximum atomic E-state index is 3.76. The van der Waals surface area contributed by atoms with Crippen LogP contribution in [0.1, 0.15) is 72.1 Å². The van der Waals surface area contributed by atoms with Gasteiger partial charge in [-0.2, -0.15) is 11.8 Å². The summed E-state index contributed by atoms with van der Waals surface area (Å²) in [7, 11) is 0. The molecule has 0 aliphatic heterocycles. The smallest absolute Gasteiger partial charge is 0.0206 e. The summed E-state index contributed by atoms with van der Waals surface area (Å²) in [6, 6.07) is 0.787. The van der Waals surface area contributed by atoms with Crippen LogP contribution in [-0.4, -0.2) is 23.1 Å². The minimum absolute atomic E-state index is 0.787. The second-order valence-corrected chi connectivity index (χ2v) is 8.36. The van der Waals surface area contributed by atoms with E-state index in [1.807, 2.05) is 0 Å². The number of hydrogen-bond donors (Lipinski definition) is 1. The number of thioether (sulfide) groups is 1. The second kappa shape index (κ2) is 7.93. The fourth-order valence-electron chi connectivity index (χ4n) is 3.98. The van der Waals surface area contributed by atoms with Gasteiger partial charge >= 0.3 is 0 Å². The van der Waals surface area contributed by atoms with Crippen molar-refractivity contribution in [2.75, 3.05) is 6.54 Å². The molecule has 0 bridgehead atoms. The van der Waals surface area contributed by atoms with Gasteiger partial charge in [0, 0.05) is 16.5 Å². The average Bonchev–Trinajstić information content (AvgIpc) is 2.41. The van der Waals surface area contributed by atoms with E-state index >= 15 is 0 Å². The molecule has 19 heavy (non-hydrogen) atoms. The van der Waals surface area contributed by atoms with Crippen LogP contribution in [0.15, 0.2) is 0 Å². The van der Waals surface area contributed by atoms with Crippen molar-refractivity contribution in [1.29, 1.82) is 0 Å². The Kier molecular flexibility index (Phi) is 6.55. The average molecular weight is 284 g/mol. The molecule has 0 amide bonds. The molecule has 1 N–H and O–H groups in total. The predicted molar refractivity (Wildman–Crippen MR) is 87.9 cm³/mol. The van der Waals surface area contributed by atoms with E-state index in [4.69, 9.17) is 0 Å². The maximum absolute atomic E-state index is 3.76. The summed E-state index contributed by atoms with van der Waals surface area (Å²) in [6.07, 6.45) is 11.6. The summed E-state index contributed by atoms with van der Waals surface area (Å²) in [4.78, 5) is 0. The third-order valence-corrected chi connectivity index (χ3v) is 6.88. The molecule has 2 rings (SSSR count). The Balaban J connectivity index is 1.88. The highest BCUT2D eigenvalue weighted by molar-refractivity contribution is 8.00. The van der Waals surface area contributed by atoms with Crippen molar-refractivity contribution in [2.24, 2.45) is 11.8 Å². The van der Waals surface area contributed by atoms with Gasteiger partial charge in [0.25, 0.3) is 0 Å². The van der Waals surface area contributed by atoms with Crippen LogP contribution in [0, 0.1) is 11.8 Å². The van der Waals surface area contributed by atoms with E-state index in [2.05, 4.69) is 37.8 Å². The van der Waals surface area contributed by atoms with E-state index in [1.165, 1.54) is 51.4 Å². The SMILES string of the molecule is CCNC1CCC(CC)CC1SC1CCCC(C)C1. The molecule has 2 heteroatoms. The third-order valence-electron chi connectivity index (χ3n) is 5.20. The van der Waals surface area contributed by atoms with Crippen LogP contribution in [0.25, 0.3) is 0 Å². The fourth-order valence-corrected chi connectivity index (χ4v) is 6.02. The van der Waals surface area contributed by atoms with Gasteiger partial charge in [-0.1, -0.05) is 40.0 Å². The van der Waals surface area contributed by atoms with Crippen molar-refractivity contribution in [3.05, 3.63) is 0 Å². The lowest BCUT2D eigenvalue weighted by molar-refractivity contribution is 0.296. The summed E-state index contributed by atoms with van der Waals surface area (Å²) >= 11 is 2.35. The van der Waals surface area contributed by atoms with Crippen LogP contribution in [0.2, 0.25) is 0 Å². The highest BCUT2D eigenvalue weighted by Gasteiger charge is 2.32. The largest absolute Gasteiger partial charge is 0.313 e. The molecule has 0 aromatic heterocycles. The van der Waals surface area contributed by atoms with Gasteiger partial charge in [0.2, 0.25) is 0 Å². The molecular weight excluding hydrogens is 250 g/mol. The van der Waals surface area contributed by atoms with Gasteiger partial charge in [-0.3, -0.25) is 0 Å². The normalized spacial score (nSPS) is 40.3. The first-order chi connectivity index (χ1) is 9.22. The first-order valence-electron chi connectivity index (χ1n) is 8.61. The molecule has 2 saturated carbocycles. The molecule has 1 nitrogen and oxygen atoms in total. The van der Waals surface area contributed by atoms with Crippen LogP contribution in [-0.2, 0) is 0 Å². The molecule has 112 valence electrons. The van der Waals surface area contributed by atoms with Crippen molar-refractivity contribution in [1.82, 2.24) is 5.32 Å². The Morgan fingerprint density at radius 1 is 1.05 bits per heavy atom. The molecule has 0 heterocycles. The summed E-state index contributed by atoms with van der Waals surface area (Å²) in [5.41, 5.74) is 0.